The van der Waals surface area contributed by atoms with E-state index in [9.17, 15) is 0 Å². The minimum atomic E-state index is 0.0148. The molecule has 0 aliphatic carbocycles. The van der Waals surface area contributed by atoms with Gasteiger partial charge in [-0.3, -0.25) is 4.57 Å². The van der Waals surface area contributed by atoms with Crippen molar-refractivity contribution < 1.29 is 0 Å². The molecule has 0 aliphatic rings. The van der Waals surface area contributed by atoms with E-state index >= 15 is 0 Å². The fourth-order valence-corrected chi connectivity index (χ4v) is 2.98. The number of hydrogen-bond donors (Lipinski definition) is 1. The number of nitrogens with zero attached hydrogens (tertiary/aromatic N) is 2. The highest BCUT2D eigenvalue weighted by Crippen LogP contribution is 2.25. The zero-order chi connectivity index (χ0) is 16.5. The molecule has 0 unspecified atom stereocenters. The highest BCUT2D eigenvalue weighted by atomic mass is 15.0. The maximum atomic E-state index is 5.97. The summed E-state index contributed by atoms with van der Waals surface area (Å²) in [5, 5.41) is 0. The van der Waals surface area contributed by atoms with Crippen molar-refractivity contribution in [2.45, 2.75) is 13.0 Å². The van der Waals surface area contributed by atoms with E-state index in [1.807, 2.05) is 19.3 Å². The first-order valence-electron chi connectivity index (χ1n) is 8.11. The standard InChI is InChI=1S/C21H19N3/c1-15(22)17-10-11-21-20(13-17)23-14-24(21)19-9-5-8-18(12-19)16-6-3-2-4-7-16/h2-15H,22H2,1H3/t15-/m1/s1. The molecule has 4 rings (SSSR count). The molecule has 0 amide bonds. The van der Waals surface area contributed by atoms with Gasteiger partial charge in [-0.15, -0.1) is 0 Å². The Morgan fingerprint density at radius 3 is 2.46 bits per heavy atom. The lowest BCUT2D eigenvalue weighted by Crippen LogP contribution is -2.04. The molecule has 0 saturated heterocycles. The molecule has 24 heavy (non-hydrogen) atoms. The van der Waals surface area contributed by atoms with E-state index in [1.54, 1.807) is 0 Å². The summed E-state index contributed by atoms with van der Waals surface area (Å²) >= 11 is 0. The summed E-state index contributed by atoms with van der Waals surface area (Å²) in [5.41, 5.74) is 12.6. The number of benzene rings is 3. The third-order valence-corrected chi connectivity index (χ3v) is 4.33. The Morgan fingerprint density at radius 2 is 1.67 bits per heavy atom. The second-order valence-corrected chi connectivity index (χ2v) is 6.07. The molecule has 1 aromatic heterocycles. The molecule has 0 aliphatic heterocycles. The molecule has 4 aromatic rings. The average Bonchev–Trinajstić information content (AvgIpc) is 3.06. The molecule has 3 nitrogen and oxygen atoms in total. The highest BCUT2D eigenvalue weighted by Gasteiger charge is 2.08. The second kappa shape index (κ2) is 5.95. The zero-order valence-electron chi connectivity index (χ0n) is 13.6. The smallest absolute Gasteiger partial charge is 0.100 e. The number of aromatic nitrogens is 2. The molecule has 0 spiro atoms. The Hall–Kier alpha value is -2.91. The van der Waals surface area contributed by atoms with E-state index in [-0.39, 0.29) is 6.04 Å². The second-order valence-electron chi connectivity index (χ2n) is 6.07. The maximum Gasteiger partial charge on any atom is 0.100 e. The quantitative estimate of drug-likeness (QED) is 0.595. The summed E-state index contributed by atoms with van der Waals surface area (Å²) in [4.78, 5) is 4.55. The minimum Gasteiger partial charge on any atom is -0.324 e. The number of imidazole rings is 1. The van der Waals surface area contributed by atoms with Gasteiger partial charge in [0.2, 0.25) is 0 Å². The minimum absolute atomic E-state index is 0.0148. The summed E-state index contributed by atoms with van der Waals surface area (Å²) in [6.07, 6.45) is 1.87. The van der Waals surface area contributed by atoms with Crippen LogP contribution in [-0.2, 0) is 0 Å². The molecule has 0 fully saturated rings. The fraction of sp³-hybridized carbons (Fsp3) is 0.0952. The fourth-order valence-electron chi connectivity index (χ4n) is 2.98. The molecular weight excluding hydrogens is 294 g/mol. The van der Waals surface area contributed by atoms with Crippen LogP contribution in [0.5, 0.6) is 0 Å². The number of nitrogens with two attached hydrogens (primary N) is 1. The van der Waals surface area contributed by atoms with E-state index in [0.717, 1.165) is 22.3 Å². The van der Waals surface area contributed by atoms with E-state index < -0.39 is 0 Å². The Kier molecular flexibility index (Phi) is 3.63. The van der Waals surface area contributed by atoms with Gasteiger partial charge in [0.05, 0.1) is 11.0 Å². The van der Waals surface area contributed by atoms with Crippen LogP contribution in [0.15, 0.2) is 79.1 Å². The Bertz CT molecular complexity index is 984. The van der Waals surface area contributed by atoms with Gasteiger partial charge in [-0.1, -0.05) is 48.5 Å². The average molecular weight is 313 g/mol. The number of hydrogen-bond acceptors (Lipinski definition) is 2. The van der Waals surface area contributed by atoms with Gasteiger partial charge in [0.1, 0.15) is 6.33 Å². The molecular formula is C21H19N3. The summed E-state index contributed by atoms with van der Waals surface area (Å²) in [6, 6.07) is 25.2. The van der Waals surface area contributed by atoms with Gasteiger partial charge in [-0.25, -0.2) is 4.98 Å². The Labute approximate surface area is 141 Å². The zero-order valence-corrected chi connectivity index (χ0v) is 13.6. The number of fused-ring (bicyclic) bond motifs is 1. The molecule has 0 bridgehead atoms. The van der Waals surface area contributed by atoms with Crippen LogP contribution in [0.3, 0.4) is 0 Å². The van der Waals surface area contributed by atoms with Gasteiger partial charge in [-0.2, -0.15) is 0 Å². The van der Waals surface area contributed by atoms with Gasteiger partial charge >= 0.3 is 0 Å². The first-order valence-corrected chi connectivity index (χ1v) is 8.11. The molecule has 3 heteroatoms. The molecule has 0 saturated carbocycles. The van der Waals surface area contributed by atoms with E-state index in [4.69, 9.17) is 5.73 Å². The third kappa shape index (κ3) is 2.59. The topological polar surface area (TPSA) is 43.8 Å². The monoisotopic (exact) mass is 313 g/mol. The summed E-state index contributed by atoms with van der Waals surface area (Å²) in [7, 11) is 0. The van der Waals surface area contributed by atoms with Gasteiger partial charge in [0.15, 0.2) is 0 Å². The van der Waals surface area contributed by atoms with Gasteiger partial charge in [0.25, 0.3) is 0 Å². The lowest BCUT2D eigenvalue weighted by molar-refractivity contribution is 0.819. The van der Waals surface area contributed by atoms with Crippen LogP contribution in [0, 0.1) is 0 Å². The van der Waals surface area contributed by atoms with E-state index in [1.165, 1.54) is 11.1 Å². The molecule has 1 heterocycles. The molecule has 2 N–H and O–H groups in total. The largest absolute Gasteiger partial charge is 0.324 e. The van der Waals surface area contributed by atoms with Crippen LogP contribution in [0.25, 0.3) is 27.8 Å². The highest BCUT2D eigenvalue weighted by molar-refractivity contribution is 5.79. The SMILES string of the molecule is C[C@@H](N)c1ccc2c(c1)ncn2-c1cccc(-c2ccccc2)c1. The van der Waals surface area contributed by atoms with Crippen LogP contribution < -0.4 is 5.73 Å². The van der Waals surface area contributed by atoms with E-state index in [2.05, 4.69) is 76.3 Å². The predicted molar refractivity (Wildman–Crippen MR) is 99.1 cm³/mol. The van der Waals surface area contributed by atoms with Crippen LogP contribution in [0.2, 0.25) is 0 Å². The van der Waals surface area contributed by atoms with Crippen molar-refractivity contribution in [1.29, 1.82) is 0 Å². The van der Waals surface area contributed by atoms with Crippen molar-refractivity contribution in [3.05, 3.63) is 84.7 Å². The van der Waals surface area contributed by atoms with Crippen molar-refractivity contribution in [1.82, 2.24) is 9.55 Å². The van der Waals surface area contributed by atoms with Crippen LogP contribution in [0.1, 0.15) is 18.5 Å². The molecule has 1 atom stereocenters. The van der Waals surface area contributed by atoms with Crippen LogP contribution >= 0.6 is 0 Å². The normalized spacial score (nSPS) is 12.4. The predicted octanol–water partition coefficient (Wildman–Crippen LogP) is 4.71. The summed E-state index contributed by atoms with van der Waals surface area (Å²) in [6.45, 7) is 1.99. The first kappa shape index (κ1) is 14.7. The van der Waals surface area contributed by atoms with Crippen molar-refractivity contribution in [2.75, 3.05) is 0 Å². The first-order chi connectivity index (χ1) is 11.7. The summed E-state index contributed by atoms with van der Waals surface area (Å²) < 4.78 is 2.12. The molecule has 0 radical (unpaired) electrons. The third-order valence-electron chi connectivity index (χ3n) is 4.33. The lowest BCUT2D eigenvalue weighted by Gasteiger charge is -2.09. The van der Waals surface area contributed by atoms with Crippen LogP contribution in [0.4, 0.5) is 0 Å². The van der Waals surface area contributed by atoms with Crippen molar-refractivity contribution in [3.63, 3.8) is 0 Å². The number of rotatable bonds is 3. The van der Waals surface area contributed by atoms with Gasteiger partial charge < -0.3 is 5.73 Å². The van der Waals surface area contributed by atoms with Crippen molar-refractivity contribution in [2.24, 2.45) is 5.73 Å². The van der Waals surface area contributed by atoms with Crippen LogP contribution in [-0.4, -0.2) is 9.55 Å². The van der Waals surface area contributed by atoms with Gasteiger partial charge in [0, 0.05) is 11.7 Å². The van der Waals surface area contributed by atoms with Crippen molar-refractivity contribution in [3.8, 4) is 16.8 Å². The van der Waals surface area contributed by atoms with E-state index in [0.29, 0.717) is 0 Å². The Morgan fingerprint density at radius 1 is 0.875 bits per heavy atom. The summed E-state index contributed by atoms with van der Waals surface area (Å²) in [5.74, 6) is 0. The lowest BCUT2D eigenvalue weighted by atomic mass is 10.1. The maximum absolute atomic E-state index is 5.97. The van der Waals surface area contributed by atoms with Gasteiger partial charge in [-0.05, 0) is 47.9 Å². The Balaban J connectivity index is 1.81. The molecule has 3 aromatic carbocycles. The van der Waals surface area contributed by atoms with Crippen molar-refractivity contribution >= 4 is 11.0 Å². The molecule has 118 valence electrons.